The summed E-state index contributed by atoms with van der Waals surface area (Å²) in [5, 5.41) is 10.4. The van der Waals surface area contributed by atoms with E-state index in [2.05, 4.69) is 146 Å². The first kappa shape index (κ1) is 22.3. The van der Waals surface area contributed by atoms with E-state index in [4.69, 9.17) is 0 Å². The molecular weight excluding hydrogens is 504 g/mol. The SMILES string of the molecule is c1ccc2c3c(ccc2c1)-c1ccc2ccccc2c1C3=C1c2c(ccc3ccccc23)-c2ccc3ccccc3c21. The van der Waals surface area contributed by atoms with Gasteiger partial charge in [-0.1, -0.05) is 146 Å². The van der Waals surface area contributed by atoms with E-state index in [-0.39, 0.29) is 0 Å². The molecule has 0 aromatic heterocycles. The molecule has 0 spiro atoms. The fourth-order valence-electron chi connectivity index (χ4n) is 7.81. The molecule has 0 heterocycles. The van der Waals surface area contributed by atoms with E-state index in [0.29, 0.717) is 0 Å². The van der Waals surface area contributed by atoms with Gasteiger partial charge in [0.1, 0.15) is 0 Å². The molecule has 0 saturated heterocycles. The Hall–Kier alpha value is -5.46. The van der Waals surface area contributed by atoms with Crippen LogP contribution in [0.2, 0.25) is 0 Å². The van der Waals surface area contributed by atoms with Gasteiger partial charge in [-0.3, -0.25) is 0 Å². The van der Waals surface area contributed by atoms with Crippen molar-refractivity contribution in [3.05, 3.63) is 168 Å². The van der Waals surface area contributed by atoms with Gasteiger partial charge in [0.25, 0.3) is 0 Å². The van der Waals surface area contributed by atoms with Gasteiger partial charge in [-0.25, -0.2) is 0 Å². The highest BCUT2D eigenvalue weighted by atomic mass is 14.4. The van der Waals surface area contributed by atoms with Crippen LogP contribution in [0.4, 0.5) is 0 Å². The van der Waals surface area contributed by atoms with Crippen LogP contribution in [0.25, 0.3) is 76.5 Å². The monoisotopic (exact) mass is 528 g/mol. The van der Waals surface area contributed by atoms with E-state index < -0.39 is 0 Å². The molecule has 0 nitrogen and oxygen atoms in total. The van der Waals surface area contributed by atoms with Crippen LogP contribution in [0.15, 0.2) is 146 Å². The van der Waals surface area contributed by atoms with Crippen LogP contribution in [0.5, 0.6) is 0 Å². The number of hydrogen-bond donors (Lipinski definition) is 0. The maximum atomic E-state index is 2.35. The van der Waals surface area contributed by atoms with Gasteiger partial charge >= 0.3 is 0 Å². The van der Waals surface area contributed by atoms with Crippen LogP contribution >= 0.6 is 0 Å². The lowest BCUT2D eigenvalue weighted by molar-refractivity contribution is 1.69. The molecule has 0 bridgehead atoms. The zero-order chi connectivity index (χ0) is 27.4. The average molecular weight is 529 g/mol. The van der Waals surface area contributed by atoms with Gasteiger partial charge < -0.3 is 0 Å². The van der Waals surface area contributed by atoms with Crippen molar-refractivity contribution in [1.82, 2.24) is 0 Å². The van der Waals surface area contributed by atoms with Gasteiger partial charge in [0.2, 0.25) is 0 Å². The van der Waals surface area contributed by atoms with Crippen molar-refractivity contribution in [3.8, 4) is 22.3 Å². The first-order valence-electron chi connectivity index (χ1n) is 14.7. The highest BCUT2D eigenvalue weighted by Crippen LogP contribution is 2.59. The summed E-state index contributed by atoms with van der Waals surface area (Å²) in [5.74, 6) is 0. The van der Waals surface area contributed by atoms with Gasteiger partial charge in [0.05, 0.1) is 0 Å². The van der Waals surface area contributed by atoms with Crippen molar-refractivity contribution < 1.29 is 0 Å². The Labute approximate surface area is 243 Å². The van der Waals surface area contributed by atoms with Crippen molar-refractivity contribution in [2.24, 2.45) is 0 Å². The summed E-state index contributed by atoms with van der Waals surface area (Å²) in [7, 11) is 0. The van der Waals surface area contributed by atoms with Gasteiger partial charge in [-0.05, 0) is 98.7 Å². The number of hydrogen-bond acceptors (Lipinski definition) is 0. The van der Waals surface area contributed by atoms with E-state index >= 15 is 0 Å². The quantitative estimate of drug-likeness (QED) is 0.184. The molecule has 0 fully saturated rings. The third kappa shape index (κ3) is 2.77. The largest absolute Gasteiger partial charge is 0.0616 e. The van der Waals surface area contributed by atoms with Crippen molar-refractivity contribution in [3.63, 3.8) is 0 Å². The molecule has 0 aliphatic heterocycles. The predicted octanol–water partition coefficient (Wildman–Crippen LogP) is 11.3. The first-order chi connectivity index (χ1) is 20.9. The Morgan fingerprint density at radius 1 is 0.214 bits per heavy atom. The zero-order valence-electron chi connectivity index (χ0n) is 22.9. The zero-order valence-corrected chi connectivity index (χ0v) is 22.9. The second kappa shape index (κ2) is 8.06. The molecule has 0 N–H and O–H groups in total. The molecule has 0 saturated carbocycles. The lowest BCUT2D eigenvalue weighted by atomic mass is 9.85. The Bertz CT molecular complexity index is 2160. The summed E-state index contributed by atoms with van der Waals surface area (Å²) in [6.07, 6.45) is 0. The molecule has 0 atom stereocenters. The van der Waals surface area contributed by atoms with E-state index in [1.54, 1.807) is 0 Å². The minimum absolute atomic E-state index is 1.28. The standard InChI is InChI=1S/C42H24/c1-5-13-29-25(9-1)17-21-33-34-22-18-26-10-2-6-14-30(26)38(34)41(37(29)33)42-39-31-15-7-3-11-27(31)19-23-35(39)36-24-20-28-12-4-8-16-32(28)40(36)42/h1-24H. The maximum Gasteiger partial charge on any atom is -0.0000944 e. The Morgan fingerprint density at radius 3 is 0.714 bits per heavy atom. The highest BCUT2D eigenvalue weighted by Gasteiger charge is 2.36. The number of rotatable bonds is 0. The third-order valence-electron chi connectivity index (χ3n) is 9.55. The third-order valence-corrected chi connectivity index (χ3v) is 9.55. The van der Waals surface area contributed by atoms with E-state index in [1.165, 1.54) is 98.7 Å². The molecule has 2 aliphatic rings. The van der Waals surface area contributed by atoms with Crippen LogP contribution in [-0.2, 0) is 0 Å². The van der Waals surface area contributed by atoms with E-state index in [9.17, 15) is 0 Å². The normalized spacial score (nSPS) is 13.1. The van der Waals surface area contributed by atoms with Gasteiger partial charge in [-0.2, -0.15) is 0 Å². The van der Waals surface area contributed by atoms with Crippen LogP contribution in [0.1, 0.15) is 22.3 Å². The fourth-order valence-corrected chi connectivity index (χ4v) is 7.81. The Balaban J connectivity index is 1.52. The molecule has 42 heavy (non-hydrogen) atoms. The van der Waals surface area contributed by atoms with Crippen molar-refractivity contribution in [2.45, 2.75) is 0 Å². The molecule has 10 rings (SSSR count). The van der Waals surface area contributed by atoms with Crippen LogP contribution in [0, 0.1) is 0 Å². The second-order valence-electron chi connectivity index (χ2n) is 11.6. The lowest BCUT2D eigenvalue weighted by Gasteiger charge is -2.17. The van der Waals surface area contributed by atoms with Crippen molar-refractivity contribution in [1.29, 1.82) is 0 Å². The summed E-state index contributed by atoms with van der Waals surface area (Å²) < 4.78 is 0. The van der Waals surface area contributed by atoms with Gasteiger partial charge in [0.15, 0.2) is 0 Å². The lowest BCUT2D eigenvalue weighted by Crippen LogP contribution is -1.95. The van der Waals surface area contributed by atoms with Gasteiger partial charge in [-0.15, -0.1) is 0 Å². The summed E-state index contributed by atoms with van der Waals surface area (Å²) in [6.45, 7) is 0. The molecule has 0 amide bonds. The van der Waals surface area contributed by atoms with Crippen molar-refractivity contribution in [2.75, 3.05) is 0 Å². The van der Waals surface area contributed by atoms with Crippen LogP contribution < -0.4 is 0 Å². The summed E-state index contributed by atoms with van der Waals surface area (Å²) in [6, 6.07) is 54.2. The number of fused-ring (bicyclic) bond motifs is 14. The molecule has 8 aromatic rings. The molecule has 192 valence electrons. The summed E-state index contributed by atoms with van der Waals surface area (Å²) >= 11 is 0. The predicted molar refractivity (Wildman–Crippen MR) is 179 cm³/mol. The molecule has 0 unspecified atom stereocenters. The van der Waals surface area contributed by atoms with E-state index in [1.807, 2.05) is 0 Å². The smallest absolute Gasteiger partial charge is 0.0000944 e. The first-order valence-corrected chi connectivity index (χ1v) is 14.7. The average Bonchev–Trinajstić information content (AvgIpc) is 3.58. The van der Waals surface area contributed by atoms with Gasteiger partial charge in [0, 0.05) is 0 Å². The summed E-state index contributed by atoms with van der Waals surface area (Å²) in [5.41, 5.74) is 13.5. The molecular formula is C42H24. The molecule has 0 radical (unpaired) electrons. The summed E-state index contributed by atoms with van der Waals surface area (Å²) in [4.78, 5) is 0. The molecule has 2 aliphatic carbocycles. The topological polar surface area (TPSA) is 0 Å². The Morgan fingerprint density at radius 2 is 0.452 bits per heavy atom. The number of benzene rings is 8. The minimum atomic E-state index is 1.28. The maximum absolute atomic E-state index is 2.35. The Kier molecular flexibility index (Phi) is 4.27. The van der Waals surface area contributed by atoms with Crippen LogP contribution in [0.3, 0.4) is 0 Å². The molecule has 8 aromatic carbocycles. The van der Waals surface area contributed by atoms with Crippen molar-refractivity contribution >= 4 is 54.2 Å². The molecule has 0 heteroatoms. The second-order valence-corrected chi connectivity index (χ2v) is 11.6. The highest BCUT2D eigenvalue weighted by molar-refractivity contribution is 6.30. The minimum Gasteiger partial charge on any atom is -0.0616 e. The fraction of sp³-hybridized carbons (Fsp3) is 0. The van der Waals surface area contributed by atoms with Crippen LogP contribution in [-0.4, -0.2) is 0 Å². The van der Waals surface area contributed by atoms with E-state index in [0.717, 1.165) is 0 Å².